The van der Waals surface area contributed by atoms with Crippen molar-refractivity contribution in [1.82, 2.24) is 36.9 Å². The minimum absolute atomic E-state index is 0.0471. The fourth-order valence-electron chi connectivity index (χ4n) is 5.67. The molecule has 0 radical (unpaired) electrons. The van der Waals surface area contributed by atoms with Crippen molar-refractivity contribution in [2.75, 3.05) is 6.54 Å². The number of hydrogen-bond donors (Lipinski definition) is 11. The third kappa shape index (κ3) is 12.8. The number of aliphatic hydroxyl groups is 1. The Balaban J connectivity index is 1.75. The van der Waals surface area contributed by atoms with Gasteiger partial charge < -0.3 is 57.9 Å². The normalized spacial score (nSPS) is 15.4. The summed E-state index contributed by atoms with van der Waals surface area (Å²) in [4.78, 5) is 93.5. The number of fused-ring (bicyclic) bond motifs is 1. The number of carbonyl (C=O) groups excluding carboxylic acids is 6. The standard InChI is InChI=1S/C38H52N8O10/c1-6-19(2)31(37(55)41-18-30(49)50)45-33(51)21(4)43-36(54)29(16-24-17-40-28-10-8-7-9-26(24)28)44-38(56)32(22(5)47)46-34(52)20(3)42-35(53)27(39)15-23-11-13-25(48)14-12-23/h7-14,17,19-22,27,29,31-32,40,47-48H,6,15-16,18,39H2,1-5H3,(H,41,55)(H,42,53)(H,43,54)(H,44,56)(H,45,51)(H,46,52)(H,49,50)/t19-,20-,21-,22+,27-,29-,31-,32-/m0/s1. The fraction of sp³-hybridized carbons (Fsp3) is 0.447. The molecule has 6 amide bonds. The molecule has 0 bridgehead atoms. The van der Waals surface area contributed by atoms with Gasteiger partial charge in [0.25, 0.3) is 0 Å². The lowest BCUT2D eigenvalue weighted by Gasteiger charge is -2.27. The number of aliphatic carboxylic acids is 1. The zero-order valence-electron chi connectivity index (χ0n) is 31.9. The summed E-state index contributed by atoms with van der Waals surface area (Å²) in [6.07, 6.45) is 0.676. The number of amides is 6. The quantitative estimate of drug-likeness (QED) is 0.0667. The number of nitrogens with two attached hydrogens (primary N) is 1. The van der Waals surface area contributed by atoms with Crippen LogP contribution in [0, 0.1) is 5.92 Å². The van der Waals surface area contributed by atoms with Crippen LogP contribution in [0.15, 0.2) is 54.7 Å². The number of aliphatic hydroxyl groups excluding tert-OH is 1. The van der Waals surface area contributed by atoms with Crippen LogP contribution in [0.25, 0.3) is 10.9 Å². The van der Waals surface area contributed by atoms with E-state index in [1.165, 1.54) is 32.9 Å². The average Bonchev–Trinajstić information content (AvgIpc) is 3.57. The number of aromatic amines is 1. The largest absolute Gasteiger partial charge is 0.508 e. The van der Waals surface area contributed by atoms with Crippen LogP contribution in [-0.2, 0) is 46.4 Å². The van der Waals surface area contributed by atoms with Crippen LogP contribution < -0.4 is 37.6 Å². The van der Waals surface area contributed by atoms with E-state index in [1.54, 1.807) is 38.2 Å². The van der Waals surface area contributed by atoms with Gasteiger partial charge in [-0.25, -0.2) is 0 Å². The Morgan fingerprint density at radius 1 is 0.714 bits per heavy atom. The number of aromatic nitrogens is 1. The van der Waals surface area contributed by atoms with Crippen molar-refractivity contribution in [3.8, 4) is 5.75 Å². The van der Waals surface area contributed by atoms with Gasteiger partial charge in [-0.3, -0.25) is 33.6 Å². The summed E-state index contributed by atoms with van der Waals surface area (Å²) in [7, 11) is 0. The highest BCUT2D eigenvalue weighted by Crippen LogP contribution is 2.19. The lowest BCUT2D eigenvalue weighted by atomic mass is 9.98. The smallest absolute Gasteiger partial charge is 0.322 e. The summed E-state index contributed by atoms with van der Waals surface area (Å²) in [5, 5.41) is 44.6. The zero-order valence-corrected chi connectivity index (χ0v) is 31.9. The van der Waals surface area contributed by atoms with E-state index in [-0.39, 0.29) is 18.6 Å². The van der Waals surface area contributed by atoms with Crippen molar-refractivity contribution in [2.24, 2.45) is 11.7 Å². The predicted octanol–water partition coefficient (Wildman–Crippen LogP) is -0.922. The van der Waals surface area contributed by atoms with E-state index < -0.39 is 96.2 Å². The van der Waals surface area contributed by atoms with Gasteiger partial charge in [-0.2, -0.15) is 0 Å². The van der Waals surface area contributed by atoms with Crippen LogP contribution >= 0.6 is 0 Å². The van der Waals surface area contributed by atoms with Crippen molar-refractivity contribution in [3.63, 3.8) is 0 Å². The van der Waals surface area contributed by atoms with Gasteiger partial charge in [0.15, 0.2) is 0 Å². The van der Waals surface area contributed by atoms with Gasteiger partial charge in [-0.1, -0.05) is 50.6 Å². The summed E-state index contributed by atoms with van der Waals surface area (Å²) < 4.78 is 0. The summed E-state index contributed by atoms with van der Waals surface area (Å²) in [5.74, 6) is -6.32. The molecule has 1 aromatic heterocycles. The number of aromatic hydroxyl groups is 1. The number of nitrogens with one attached hydrogen (secondary N) is 7. The number of phenols is 1. The second kappa shape index (κ2) is 20.6. The van der Waals surface area contributed by atoms with Crippen molar-refractivity contribution in [3.05, 3.63) is 65.9 Å². The SMILES string of the molecule is CC[C@H](C)[C@H](NC(=O)[C@H](C)NC(=O)[C@H](Cc1c[nH]c2ccccc12)NC(=O)[C@@H](NC(=O)[C@H](C)NC(=O)[C@@H](N)Cc1ccc(O)cc1)[C@@H](C)O)C(=O)NCC(=O)O. The van der Waals surface area contributed by atoms with Crippen LogP contribution in [0.2, 0.25) is 0 Å². The van der Waals surface area contributed by atoms with Gasteiger partial charge in [-0.15, -0.1) is 0 Å². The van der Waals surface area contributed by atoms with Crippen molar-refractivity contribution in [2.45, 2.75) is 96.2 Å². The topological polar surface area (TPSA) is 294 Å². The monoisotopic (exact) mass is 780 g/mol. The first kappa shape index (κ1) is 44.4. The molecule has 18 heteroatoms. The van der Waals surface area contributed by atoms with Crippen LogP contribution in [0.3, 0.4) is 0 Å². The highest BCUT2D eigenvalue weighted by atomic mass is 16.4. The lowest BCUT2D eigenvalue weighted by Crippen LogP contribution is -2.61. The first-order chi connectivity index (χ1) is 26.4. The summed E-state index contributed by atoms with van der Waals surface area (Å²) in [6.45, 7) is 6.81. The summed E-state index contributed by atoms with van der Waals surface area (Å²) in [5.41, 5.74) is 8.08. The fourth-order valence-corrected chi connectivity index (χ4v) is 5.67. The first-order valence-corrected chi connectivity index (χ1v) is 18.2. The number of phenolic OH excluding ortho intramolecular Hbond substituents is 1. The Morgan fingerprint density at radius 3 is 1.89 bits per heavy atom. The molecule has 0 unspecified atom stereocenters. The van der Waals surface area contributed by atoms with E-state index in [2.05, 4.69) is 36.9 Å². The van der Waals surface area contributed by atoms with Crippen molar-refractivity contribution >= 4 is 52.3 Å². The minimum Gasteiger partial charge on any atom is -0.508 e. The van der Waals surface area contributed by atoms with E-state index in [1.807, 2.05) is 18.2 Å². The first-order valence-electron chi connectivity index (χ1n) is 18.2. The highest BCUT2D eigenvalue weighted by molar-refractivity contribution is 5.97. The average molecular weight is 781 g/mol. The Hall–Kier alpha value is -6.01. The summed E-state index contributed by atoms with van der Waals surface area (Å²) >= 11 is 0. The number of carbonyl (C=O) groups is 7. The number of rotatable bonds is 20. The number of para-hydroxylation sites is 1. The highest BCUT2D eigenvalue weighted by Gasteiger charge is 2.34. The number of carboxylic acid groups (broad SMARTS) is 1. The number of H-pyrrole nitrogens is 1. The molecule has 0 spiro atoms. The zero-order chi connectivity index (χ0) is 41.7. The van der Waals surface area contributed by atoms with E-state index in [0.29, 0.717) is 17.5 Å². The third-order valence-corrected chi connectivity index (χ3v) is 9.23. The molecule has 0 aliphatic rings. The predicted molar refractivity (Wildman–Crippen MR) is 205 cm³/mol. The van der Waals surface area contributed by atoms with Crippen LogP contribution in [0.4, 0.5) is 0 Å². The molecule has 1 heterocycles. The molecule has 304 valence electrons. The van der Waals surface area contributed by atoms with Crippen molar-refractivity contribution in [1.29, 1.82) is 0 Å². The maximum Gasteiger partial charge on any atom is 0.322 e. The Labute approximate surface area is 323 Å². The second-order valence-electron chi connectivity index (χ2n) is 13.8. The molecule has 0 aliphatic heterocycles. The van der Waals surface area contributed by atoms with Crippen molar-refractivity contribution < 1.29 is 48.9 Å². The Bertz CT molecular complexity index is 1860. The van der Waals surface area contributed by atoms with Crippen LogP contribution in [0.1, 0.15) is 52.2 Å². The Morgan fingerprint density at radius 2 is 1.30 bits per heavy atom. The minimum atomic E-state index is -1.59. The second-order valence-corrected chi connectivity index (χ2v) is 13.8. The van der Waals surface area contributed by atoms with Crippen LogP contribution in [0.5, 0.6) is 5.75 Å². The molecule has 0 fully saturated rings. The van der Waals surface area contributed by atoms with Gasteiger partial charge in [-0.05, 0) is 62.4 Å². The molecule has 2 aromatic carbocycles. The molecule has 3 aromatic rings. The molecular formula is C38H52N8O10. The summed E-state index contributed by atoms with van der Waals surface area (Å²) in [6, 6.07) is 5.80. The molecule has 18 nitrogen and oxygen atoms in total. The lowest BCUT2D eigenvalue weighted by molar-refractivity contribution is -0.139. The molecule has 12 N–H and O–H groups in total. The van der Waals surface area contributed by atoms with E-state index >= 15 is 0 Å². The van der Waals surface area contributed by atoms with Gasteiger partial charge in [0.1, 0.15) is 42.5 Å². The van der Waals surface area contributed by atoms with E-state index in [4.69, 9.17) is 10.8 Å². The number of carboxylic acids is 1. The maximum atomic E-state index is 13.8. The molecule has 3 rings (SSSR count). The molecular weight excluding hydrogens is 728 g/mol. The van der Waals surface area contributed by atoms with Gasteiger partial charge >= 0.3 is 5.97 Å². The van der Waals surface area contributed by atoms with E-state index in [9.17, 15) is 43.8 Å². The van der Waals surface area contributed by atoms with E-state index in [0.717, 1.165) is 10.9 Å². The molecule has 0 saturated carbocycles. The Kier molecular flexibility index (Phi) is 16.3. The third-order valence-electron chi connectivity index (χ3n) is 9.23. The molecule has 56 heavy (non-hydrogen) atoms. The number of hydrogen-bond acceptors (Lipinski definition) is 10. The molecule has 0 aliphatic carbocycles. The van der Waals surface area contributed by atoms with Crippen LogP contribution in [-0.4, -0.2) is 111 Å². The molecule has 8 atom stereocenters. The van der Waals surface area contributed by atoms with Gasteiger partial charge in [0.2, 0.25) is 35.4 Å². The number of benzene rings is 2. The molecule has 0 saturated heterocycles. The van der Waals surface area contributed by atoms with Gasteiger partial charge in [0.05, 0.1) is 12.1 Å². The van der Waals surface area contributed by atoms with Gasteiger partial charge in [0, 0.05) is 23.5 Å². The maximum absolute atomic E-state index is 13.8.